The van der Waals surface area contributed by atoms with Crippen LogP contribution in [0.25, 0.3) is 0 Å². The van der Waals surface area contributed by atoms with Crippen LogP contribution in [-0.4, -0.2) is 19.6 Å². The Hall–Kier alpha value is -1.63. The summed E-state index contributed by atoms with van der Waals surface area (Å²) in [6.45, 7) is 3.31. The number of methoxy groups -OCH3 is 1. The van der Waals surface area contributed by atoms with Crippen molar-refractivity contribution in [3.63, 3.8) is 0 Å². The second-order valence-corrected chi connectivity index (χ2v) is 6.46. The van der Waals surface area contributed by atoms with Crippen LogP contribution in [0.4, 0.5) is 10.1 Å². The fourth-order valence-electron chi connectivity index (χ4n) is 2.61. The minimum Gasteiger partial charge on any atom is -0.495 e. The number of halogens is 2. The molecule has 0 saturated carbocycles. The van der Waals surface area contributed by atoms with Gasteiger partial charge >= 0.3 is 0 Å². The van der Waals surface area contributed by atoms with Gasteiger partial charge in [-0.1, -0.05) is 6.07 Å². The van der Waals surface area contributed by atoms with Crippen molar-refractivity contribution in [2.24, 2.45) is 0 Å². The third kappa shape index (κ3) is 3.49. The van der Waals surface area contributed by atoms with Crippen LogP contribution in [0.15, 0.2) is 18.2 Å². The fraction of sp³-hybridized carbons (Fsp3) is 0.312. The highest BCUT2D eigenvalue weighted by molar-refractivity contribution is 7.14. The Labute approximate surface area is 144 Å². The molecule has 2 aromatic rings. The lowest BCUT2D eigenvalue weighted by atomic mass is 9.99. The van der Waals surface area contributed by atoms with Crippen LogP contribution in [0.1, 0.15) is 25.7 Å². The third-order valence-electron chi connectivity index (χ3n) is 3.70. The maximum atomic E-state index is 14.5. The lowest BCUT2D eigenvalue weighted by molar-refractivity contribution is 0.102. The van der Waals surface area contributed by atoms with Crippen LogP contribution in [0.5, 0.6) is 5.75 Å². The van der Waals surface area contributed by atoms with Crippen molar-refractivity contribution in [1.29, 1.82) is 0 Å². The van der Waals surface area contributed by atoms with Crippen molar-refractivity contribution in [2.75, 3.05) is 19.0 Å². The van der Waals surface area contributed by atoms with Crippen LogP contribution < -0.4 is 15.4 Å². The van der Waals surface area contributed by atoms with Crippen molar-refractivity contribution in [1.82, 2.24) is 5.32 Å². The summed E-state index contributed by atoms with van der Waals surface area (Å²) < 4.78 is 19.7. The molecule has 124 valence electrons. The number of carbonyl (C=O) groups is 1. The van der Waals surface area contributed by atoms with E-state index in [2.05, 4.69) is 10.6 Å². The molecule has 0 fully saturated rings. The van der Waals surface area contributed by atoms with Crippen molar-refractivity contribution in [3.8, 4) is 5.75 Å². The maximum absolute atomic E-state index is 14.5. The molecule has 0 bridgehead atoms. The summed E-state index contributed by atoms with van der Waals surface area (Å²) in [5.74, 6) is -0.162. The van der Waals surface area contributed by atoms with Gasteiger partial charge in [0.2, 0.25) is 0 Å². The number of thiophene rings is 1. The van der Waals surface area contributed by atoms with E-state index in [0.29, 0.717) is 29.2 Å². The molecule has 3 rings (SSSR count). The fourth-order valence-corrected chi connectivity index (χ4v) is 3.48. The van der Waals surface area contributed by atoms with E-state index in [9.17, 15) is 9.18 Å². The molecule has 1 aliphatic heterocycles. The number of ether oxygens (including phenoxy) is 1. The predicted octanol–water partition coefficient (Wildman–Crippen LogP) is 3.52. The van der Waals surface area contributed by atoms with Gasteiger partial charge in [0, 0.05) is 11.4 Å². The highest BCUT2D eigenvalue weighted by atomic mass is 35.5. The third-order valence-corrected chi connectivity index (χ3v) is 4.73. The molecule has 0 unspecified atom stereocenters. The first-order chi connectivity index (χ1) is 10.6. The Morgan fingerprint density at radius 1 is 1.43 bits per heavy atom. The van der Waals surface area contributed by atoms with Gasteiger partial charge in [-0.3, -0.25) is 4.79 Å². The van der Waals surface area contributed by atoms with Gasteiger partial charge in [-0.2, -0.15) is 0 Å². The van der Waals surface area contributed by atoms with Gasteiger partial charge in [-0.25, -0.2) is 4.39 Å². The van der Waals surface area contributed by atoms with Crippen molar-refractivity contribution >= 4 is 35.3 Å². The number of amides is 1. The zero-order chi connectivity index (χ0) is 15.7. The molecule has 1 aromatic carbocycles. The molecular weight excluding hydrogens is 339 g/mol. The number of rotatable bonds is 3. The summed E-state index contributed by atoms with van der Waals surface area (Å²) in [7, 11) is 1.52. The van der Waals surface area contributed by atoms with Crippen molar-refractivity contribution < 1.29 is 13.9 Å². The first kappa shape index (κ1) is 17.7. The van der Waals surface area contributed by atoms with Gasteiger partial charge in [-0.15, -0.1) is 23.7 Å². The highest BCUT2D eigenvalue weighted by Gasteiger charge is 2.20. The van der Waals surface area contributed by atoms with Crippen LogP contribution in [-0.2, 0) is 13.0 Å². The lowest BCUT2D eigenvalue weighted by Crippen LogP contribution is -2.25. The quantitative estimate of drug-likeness (QED) is 0.884. The van der Waals surface area contributed by atoms with Crippen LogP contribution >= 0.6 is 23.7 Å². The Morgan fingerprint density at radius 2 is 2.22 bits per heavy atom. The smallest absolute Gasteiger partial charge is 0.269 e. The van der Waals surface area contributed by atoms with Gasteiger partial charge in [0.25, 0.3) is 5.91 Å². The van der Waals surface area contributed by atoms with E-state index in [1.807, 2.05) is 13.0 Å². The van der Waals surface area contributed by atoms with Crippen LogP contribution in [0.3, 0.4) is 0 Å². The average Bonchev–Trinajstić information content (AvgIpc) is 2.91. The molecule has 1 aromatic heterocycles. The molecule has 7 heteroatoms. The number of benzene rings is 1. The first-order valence-corrected chi connectivity index (χ1v) is 7.88. The van der Waals surface area contributed by atoms with E-state index in [1.54, 1.807) is 12.1 Å². The molecule has 0 aliphatic carbocycles. The normalized spacial score (nSPS) is 13.0. The zero-order valence-electron chi connectivity index (χ0n) is 12.9. The van der Waals surface area contributed by atoms with E-state index in [-0.39, 0.29) is 29.8 Å². The van der Waals surface area contributed by atoms with Gasteiger partial charge in [0.1, 0.15) is 16.4 Å². The minimum absolute atomic E-state index is 0. The summed E-state index contributed by atoms with van der Waals surface area (Å²) in [4.78, 5) is 13.8. The van der Waals surface area contributed by atoms with Crippen molar-refractivity contribution in [3.05, 3.63) is 44.9 Å². The average molecular weight is 357 g/mol. The van der Waals surface area contributed by atoms with E-state index >= 15 is 0 Å². The SMILES string of the molecule is COc1cc(C)sc1C(=O)Nc1ccc2c(c1F)CCNC2.Cl. The number of carbonyl (C=O) groups excluding carboxylic acids is 1. The van der Waals surface area contributed by atoms with E-state index in [0.717, 1.165) is 17.0 Å². The summed E-state index contributed by atoms with van der Waals surface area (Å²) in [6.07, 6.45) is 0.631. The number of nitrogens with one attached hydrogen (secondary N) is 2. The lowest BCUT2D eigenvalue weighted by Gasteiger charge is -2.19. The molecule has 4 nitrogen and oxygen atoms in total. The van der Waals surface area contributed by atoms with Crippen LogP contribution in [0, 0.1) is 12.7 Å². The van der Waals surface area contributed by atoms with Gasteiger partial charge in [-0.05, 0) is 43.1 Å². The Balaban J connectivity index is 0.00000192. The first-order valence-electron chi connectivity index (χ1n) is 7.07. The molecule has 0 atom stereocenters. The summed E-state index contributed by atoms with van der Waals surface area (Å²) in [5.41, 5.74) is 1.86. The summed E-state index contributed by atoms with van der Waals surface area (Å²) >= 11 is 1.33. The Morgan fingerprint density at radius 3 is 2.96 bits per heavy atom. The number of hydrogen-bond acceptors (Lipinski definition) is 4. The largest absolute Gasteiger partial charge is 0.495 e. The molecule has 0 radical (unpaired) electrons. The molecular formula is C16H18ClFN2O2S. The number of anilines is 1. The second-order valence-electron chi connectivity index (χ2n) is 5.20. The molecule has 1 aliphatic rings. The summed E-state index contributed by atoms with van der Waals surface area (Å²) in [6, 6.07) is 5.28. The topological polar surface area (TPSA) is 50.4 Å². The Bertz CT molecular complexity index is 733. The standard InChI is InChI=1S/C16H17FN2O2S.ClH/c1-9-7-13(21-2)15(22-9)16(20)19-12-4-3-10-8-18-6-5-11(10)14(12)17;/h3-4,7,18H,5-6,8H2,1-2H3,(H,19,20);1H. The number of aryl methyl sites for hydroxylation is 1. The number of fused-ring (bicyclic) bond motifs is 1. The molecule has 0 saturated heterocycles. The van der Waals surface area contributed by atoms with Crippen LogP contribution in [0.2, 0.25) is 0 Å². The predicted molar refractivity (Wildman–Crippen MR) is 92.6 cm³/mol. The highest BCUT2D eigenvalue weighted by Crippen LogP contribution is 2.30. The van der Waals surface area contributed by atoms with E-state index in [4.69, 9.17) is 4.74 Å². The minimum atomic E-state index is -0.345. The van der Waals surface area contributed by atoms with Gasteiger partial charge in [0.15, 0.2) is 0 Å². The maximum Gasteiger partial charge on any atom is 0.269 e. The second kappa shape index (κ2) is 7.29. The van der Waals surface area contributed by atoms with Crippen molar-refractivity contribution in [2.45, 2.75) is 19.9 Å². The molecule has 23 heavy (non-hydrogen) atoms. The Kier molecular flexibility index (Phi) is 5.62. The molecule has 0 spiro atoms. The van der Waals surface area contributed by atoms with Gasteiger partial charge in [0.05, 0.1) is 12.8 Å². The monoisotopic (exact) mass is 356 g/mol. The van der Waals surface area contributed by atoms with E-state index in [1.165, 1.54) is 18.4 Å². The summed E-state index contributed by atoms with van der Waals surface area (Å²) in [5, 5.41) is 5.86. The zero-order valence-corrected chi connectivity index (χ0v) is 14.5. The molecule has 2 heterocycles. The van der Waals surface area contributed by atoms with Gasteiger partial charge < -0.3 is 15.4 Å². The van der Waals surface area contributed by atoms with E-state index < -0.39 is 0 Å². The molecule has 2 N–H and O–H groups in total. The number of hydrogen-bond donors (Lipinski definition) is 2. The molecule has 1 amide bonds.